The molecule has 0 saturated heterocycles. The minimum atomic E-state index is -0.287. The van der Waals surface area contributed by atoms with Gasteiger partial charge in [-0.1, -0.05) is 56.3 Å². The molecule has 2 rings (SSSR count). The standard InChI is InChI=1S/C18H26N2/c1-14(2)18(19,12-13-20(3)4)17-11-7-9-15-8-5-6-10-16(15)17/h5-11,14H,12-13,19H2,1-4H3/t18-/m0/s1. The first-order valence-electron chi connectivity index (χ1n) is 7.37. The van der Waals surface area contributed by atoms with E-state index in [0.29, 0.717) is 5.92 Å². The average molecular weight is 270 g/mol. The zero-order valence-corrected chi connectivity index (χ0v) is 13.1. The second kappa shape index (κ2) is 5.94. The van der Waals surface area contributed by atoms with Crippen molar-refractivity contribution in [3.63, 3.8) is 0 Å². The molecule has 0 spiro atoms. The van der Waals surface area contributed by atoms with E-state index in [2.05, 4.69) is 75.3 Å². The number of nitrogens with zero attached hydrogens (tertiary/aromatic N) is 1. The summed E-state index contributed by atoms with van der Waals surface area (Å²) in [6, 6.07) is 15.0. The Kier molecular flexibility index (Phi) is 4.46. The van der Waals surface area contributed by atoms with Gasteiger partial charge in [0.05, 0.1) is 0 Å². The Morgan fingerprint density at radius 1 is 1.05 bits per heavy atom. The monoisotopic (exact) mass is 270 g/mol. The van der Waals surface area contributed by atoms with Crippen LogP contribution in [0.2, 0.25) is 0 Å². The minimum absolute atomic E-state index is 0.287. The van der Waals surface area contributed by atoms with Gasteiger partial charge in [0.15, 0.2) is 0 Å². The van der Waals surface area contributed by atoms with Crippen LogP contribution in [0, 0.1) is 5.92 Å². The Morgan fingerprint density at radius 2 is 1.70 bits per heavy atom. The van der Waals surface area contributed by atoms with Crippen molar-refractivity contribution >= 4 is 10.8 Å². The molecule has 0 aliphatic rings. The molecule has 2 aromatic carbocycles. The topological polar surface area (TPSA) is 29.3 Å². The van der Waals surface area contributed by atoms with Gasteiger partial charge in [0.2, 0.25) is 0 Å². The third-order valence-electron chi connectivity index (χ3n) is 4.29. The summed E-state index contributed by atoms with van der Waals surface area (Å²) >= 11 is 0. The molecule has 1 atom stereocenters. The van der Waals surface area contributed by atoms with Gasteiger partial charge >= 0.3 is 0 Å². The van der Waals surface area contributed by atoms with Gasteiger partial charge in [-0.05, 0) is 49.3 Å². The van der Waals surface area contributed by atoms with E-state index in [9.17, 15) is 0 Å². The lowest BCUT2D eigenvalue weighted by molar-refractivity contribution is 0.255. The zero-order valence-electron chi connectivity index (χ0n) is 13.1. The van der Waals surface area contributed by atoms with Crippen LogP contribution in [0.1, 0.15) is 25.8 Å². The molecular weight excluding hydrogens is 244 g/mol. The van der Waals surface area contributed by atoms with E-state index in [1.165, 1.54) is 16.3 Å². The highest BCUT2D eigenvalue weighted by atomic mass is 15.1. The lowest BCUT2D eigenvalue weighted by Crippen LogP contribution is -2.44. The van der Waals surface area contributed by atoms with E-state index in [0.717, 1.165) is 13.0 Å². The molecule has 0 bridgehead atoms. The predicted molar refractivity (Wildman–Crippen MR) is 87.8 cm³/mol. The van der Waals surface area contributed by atoms with Gasteiger partial charge in [0, 0.05) is 5.54 Å². The summed E-state index contributed by atoms with van der Waals surface area (Å²) in [7, 11) is 4.20. The molecule has 0 saturated carbocycles. The third kappa shape index (κ3) is 2.87. The largest absolute Gasteiger partial charge is 0.321 e. The van der Waals surface area contributed by atoms with Crippen LogP contribution in [0.4, 0.5) is 0 Å². The summed E-state index contributed by atoms with van der Waals surface area (Å²) in [5.74, 6) is 0.397. The van der Waals surface area contributed by atoms with Crippen molar-refractivity contribution in [2.45, 2.75) is 25.8 Å². The molecule has 0 aliphatic heterocycles. The second-order valence-electron chi connectivity index (χ2n) is 6.28. The highest BCUT2D eigenvalue weighted by Gasteiger charge is 2.32. The maximum absolute atomic E-state index is 6.85. The Hall–Kier alpha value is -1.38. The second-order valence-corrected chi connectivity index (χ2v) is 6.28. The van der Waals surface area contributed by atoms with Crippen LogP contribution in [0.3, 0.4) is 0 Å². The van der Waals surface area contributed by atoms with Gasteiger partial charge in [-0.2, -0.15) is 0 Å². The fourth-order valence-electron chi connectivity index (χ4n) is 2.77. The summed E-state index contributed by atoms with van der Waals surface area (Å²) in [6.07, 6.45) is 0.964. The Bertz CT molecular complexity index is 569. The Balaban J connectivity index is 2.51. The highest BCUT2D eigenvalue weighted by molar-refractivity contribution is 5.86. The molecule has 2 N–H and O–H groups in total. The molecule has 2 aromatic rings. The van der Waals surface area contributed by atoms with Gasteiger partial charge in [-0.15, -0.1) is 0 Å². The van der Waals surface area contributed by atoms with Crippen molar-refractivity contribution in [2.75, 3.05) is 20.6 Å². The molecule has 108 valence electrons. The molecule has 0 unspecified atom stereocenters. The number of fused-ring (bicyclic) bond motifs is 1. The van der Waals surface area contributed by atoms with Crippen molar-refractivity contribution in [1.82, 2.24) is 4.90 Å². The predicted octanol–water partition coefficient (Wildman–Crippen LogP) is 3.60. The third-order valence-corrected chi connectivity index (χ3v) is 4.29. The average Bonchev–Trinajstić information content (AvgIpc) is 2.44. The normalized spacial score (nSPS) is 14.9. The Morgan fingerprint density at radius 3 is 2.35 bits per heavy atom. The first-order valence-corrected chi connectivity index (χ1v) is 7.37. The quantitative estimate of drug-likeness (QED) is 0.899. The summed E-state index contributed by atoms with van der Waals surface area (Å²) in [6.45, 7) is 5.44. The molecule has 0 heterocycles. The highest BCUT2D eigenvalue weighted by Crippen LogP contribution is 2.35. The van der Waals surface area contributed by atoms with Gasteiger partial charge in [0.1, 0.15) is 0 Å². The number of hydrogen-bond donors (Lipinski definition) is 1. The fraction of sp³-hybridized carbons (Fsp3) is 0.444. The lowest BCUT2D eigenvalue weighted by Gasteiger charge is -2.36. The Labute approximate surface area is 122 Å². The molecule has 2 heteroatoms. The summed E-state index contributed by atoms with van der Waals surface area (Å²) in [5, 5.41) is 2.55. The SMILES string of the molecule is CC(C)[C@@](N)(CCN(C)C)c1cccc2ccccc12. The molecule has 20 heavy (non-hydrogen) atoms. The van der Waals surface area contributed by atoms with Crippen LogP contribution in [0.25, 0.3) is 10.8 Å². The molecule has 0 aromatic heterocycles. The van der Waals surface area contributed by atoms with E-state index < -0.39 is 0 Å². The first kappa shape index (κ1) is 15.0. The smallest absolute Gasteiger partial charge is 0.0451 e. The molecule has 0 radical (unpaired) electrons. The van der Waals surface area contributed by atoms with E-state index in [4.69, 9.17) is 5.73 Å². The van der Waals surface area contributed by atoms with Crippen LogP contribution in [0.5, 0.6) is 0 Å². The molecule has 2 nitrogen and oxygen atoms in total. The van der Waals surface area contributed by atoms with Gasteiger partial charge in [0.25, 0.3) is 0 Å². The molecule has 0 aliphatic carbocycles. The van der Waals surface area contributed by atoms with Crippen molar-refractivity contribution in [2.24, 2.45) is 11.7 Å². The van der Waals surface area contributed by atoms with Crippen molar-refractivity contribution < 1.29 is 0 Å². The number of rotatable bonds is 5. The van der Waals surface area contributed by atoms with Crippen LogP contribution in [0.15, 0.2) is 42.5 Å². The van der Waals surface area contributed by atoms with Crippen LogP contribution in [-0.2, 0) is 5.54 Å². The number of benzene rings is 2. The first-order chi connectivity index (χ1) is 9.45. The van der Waals surface area contributed by atoms with Crippen molar-refractivity contribution in [3.8, 4) is 0 Å². The van der Waals surface area contributed by atoms with E-state index in [1.54, 1.807) is 0 Å². The summed E-state index contributed by atoms with van der Waals surface area (Å²) in [4.78, 5) is 2.20. The van der Waals surface area contributed by atoms with E-state index in [1.807, 2.05) is 0 Å². The maximum atomic E-state index is 6.85. The van der Waals surface area contributed by atoms with Crippen molar-refractivity contribution in [1.29, 1.82) is 0 Å². The van der Waals surface area contributed by atoms with Crippen LogP contribution in [-0.4, -0.2) is 25.5 Å². The molecular formula is C18H26N2. The zero-order chi connectivity index (χ0) is 14.8. The van der Waals surface area contributed by atoms with E-state index >= 15 is 0 Å². The maximum Gasteiger partial charge on any atom is 0.0451 e. The molecule has 0 fully saturated rings. The van der Waals surface area contributed by atoms with Crippen molar-refractivity contribution in [3.05, 3.63) is 48.0 Å². The number of nitrogens with two attached hydrogens (primary N) is 1. The van der Waals surface area contributed by atoms with Crippen LogP contribution < -0.4 is 5.73 Å². The summed E-state index contributed by atoms with van der Waals surface area (Å²) < 4.78 is 0. The number of hydrogen-bond acceptors (Lipinski definition) is 2. The lowest BCUT2D eigenvalue weighted by atomic mass is 9.76. The van der Waals surface area contributed by atoms with Gasteiger partial charge < -0.3 is 10.6 Å². The molecule has 0 amide bonds. The van der Waals surface area contributed by atoms with Crippen LogP contribution >= 0.6 is 0 Å². The van der Waals surface area contributed by atoms with Gasteiger partial charge in [-0.25, -0.2) is 0 Å². The summed E-state index contributed by atoms with van der Waals surface area (Å²) in [5.41, 5.74) is 7.83. The fourth-order valence-corrected chi connectivity index (χ4v) is 2.77. The van der Waals surface area contributed by atoms with E-state index in [-0.39, 0.29) is 5.54 Å². The minimum Gasteiger partial charge on any atom is -0.321 e. The van der Waals surface area contributed by atoms with Gasteiger partial charge in [-0.3, -0.25) is 0 Å².